The second-order valence-corrected chi connectivity index (χ2v) is 8.33. The first-order valence-corrected chi connectivity index (χ1v) is 10.6. The van der Waals surface area contributed by atoms with Crippen molar-refractivity contribution in [3.05, 3.63) is 28.2 Å². The Balaban J connectivity index is 1.37. The van der Waals surface area contributed by atoms with Gasteiger partial charge in [0.15, 0.2) is 0 Å². The zero-order valence-corrected chi connectivity index (χ0v) is 17.4. The van der Waals surface area contributed by atoms with Crippen LogP contribution in [-0.4, -0.2) is 56.9 Å². The molecule has 1 amide bonds. The Labute approximate surface area is 171 Å². The first-order chi connectivity index (χ1) is 13.1. The van der Waals surface area contributed by atoms with Gasteiger partial charge in [0.05, 0.1) is 22.8 Å². The predicted molar refractivity (Wildman–Crippen MR) is 111 cm³/mol. The fourth-order valence-electron chi connectivity index (χ4n) is 4.14. The molecule has 1 heterocycles. The van der Waals surface area contributed by atoms with E-state index in [4.69, 9.17) is 23.2 Å². The van der Waals surface area contributed by atoms with E-state index in [1.54, 1.807) is 0 Å². The molecule has 3 rings (SSSR count). The van der Waals surface area contributed by atoms with Gasteiger partial charge >= 0.3 is 6.09 Å². The molecule has 1 aromatic rings. The van der Waals surface area contributed by atoms with Crippen molar-refractivity contribution < 1.29 is 9.53 Å². The molecule has 0 aromatic heterocycles. The highest BCUT2D eigenvalue weighted by Crippen LogP contribution is 2.33. The molecule has 0 radical (unpaired) electrons. The molecule has 1 saturated heterocycles. The summed E-state index contributed by atoms with van der Waals surface area (Å²) >= 11 is 12.5. The number of alkyl carbamates (subject to hydrolysis) is 1. The number of nitrogens with one attached hydrogen (secondary N) is 1. The summed E-state index contributed by atoms with van der Waals surface area (Å²) in [5.41, 5.74) is 1.04. The van der Waals surface area contributed by atoms with Gasteiger partial charge in [0.2, 0.25) is 0 Å². The van der Waals surface area contributed by atoms with Crippen LogP contribution in [-0.2, 0) is 4.74 Å². The molecule has 1 aromatic carbocycles. The number of nitrogens with zero attached hydrogens (tertiary/aromatic N) is 2. The molecule has 150 valence electrons. The van der Waals surface area contributed by atoms with Crippen molar-refractivity contribution in [3.63, 3.8) is 0 Å². The Morgan fingerprint density at radius 2 is 1.85 bits per heavy atom. The Morgan fingerprint density at radius 3 is 2.52 bits per heavy atom. The van der Waals surface area contributed by atoms with E-state index in [9.17, 15) is 4.79 Å². The van der Waals surface area contributed by atoms with Crippen molar-refractivity contribution in [2.45, 2.75) is 38.1 Å². The maximum atomic E-state index is 11.3. The summed E-state index contributed by atoms with van der Waals surface area (Å²) in [7, 11) is 1.42. The van der Waals surface area contributed by atoms with Crippen molar-refractivity contribution in [2.75, 3.05) is 44.7 Å². The third-order valence-corrected chi connectivity index (χ3v) is 6.66. The highest BCUT2D eigenvalue weighted by Gasteiger charge is 2.24. The smallest absolute Gasteiger partial charge is 0.407 e. The summed E-state index contributed by atoms with van der Waals surface area (Å²) in [6.07, 6.45) is 5.42. The molecule has 2 aliphatic rings. The summed E-state index contributed by atoms with van der Waals surface area (Å²) < 4.78 is 4.68. The maximum Gasteiger partial charge on any atom is 0.407 e. The fourth-order valence-corrected chi connectivity index (χ4v) is 4.55. The summed E-state index contributed by atoms with van der Waals surface area (Å²) in [5, 5.41) is 4.20. The lowest BCUT2D eigenvalue weighted by Gasteiger charge is -2.37. The van der Waals surface area contributed by atoms with Gasteiger partial charge in [-0.25, -0.2) is 4.79 Å². The fraction of sp³-hybridized carbons (Fsp3) is 0.650. The first-order valence-electron chi connectivity index (χ1n) is 9.82. The number of piperazine rings is 1. The molecule has 1 aliphatic carbocycles. The second kappa shape index (κ2) is 9.85. The molecule has 1 N–H and O–H groups in total. The molecule has 7 heteroatoms. The molecule has 27 heavy (non-hydrogen) atoms. The Morgan fingerprint density at radius 1 is 1.15 bits per heavy atom. The van der Waals surface area contributed by atoms with Crippen LogP contribution in [0.3, 0.4) is 0 Å². The number of carbonyl (C=O) groups excluding carboxylic acids is 1. The zero-order valence-electron chi connectivity index (χ0n) is 15.9. The summed E-state index contributed by atoms with van der Waals surface area (Å²) in [4.78, 5) is 16.2. The van der Waals surface area contributed by atoms with E-state index in [1.807, 2.05) is 18.2 Å². The largest absolute Gasteiger partial charge is 0.453 e. The number of halogens is 2. The van der Waals surface area contributed by atoms with Crippen LogP contribution in [0.5, 0.6) is 0 Å². The number of benzene rings is 1. The van der Waals surface area contributed by atoms with Crippen LogP contribution >= 0.6 is 23.2 Å². The summed E-state index contributed by atoms with van der Waals surface area (Å²) in [5.74, 6) is 0.765. The molecule has 1 aliphatic heterocycles. The zero-order chi connectivity index (χ0) is 19.2. The van der Waals surface area contributed by atoms with Crippen molar-refractivity contribution in [1.82, 2.24) is 10.2 Å². The van der Waals surface area contributed by atoms with Crippen LogP contribution in [0.25, 0.3) is 0 Å². The maximum absolute atomic E-state index is 11.3. The highest BCUT2D eigenvalue weighted by molar-refractivity contribution is 6.43. The van der Waals surface area contributed by atoms with E-state index >= 15 is 0 Å². The van der Waals surface area contributed by atoms with E-state index in [1.165, 1.54) is 26.4 Å². The summed E-state index contributed by atoms with van der Waals surface area (Å²) in [6.45, 7) is 5.23. The number of rotatable bonds is 5. The average Bonchev–Trinajstić information content (AvgIpc) is 2.70. The van der Waals surface area contributed by atoms with E-state index in [0.717, 1.165) is 57.2 Å². The summed E-state index contributed by atoms with van der Waals surface area (Å²) in [6, 6.07) is 6.12. The SMILES string of the molecule is COC(=O)NC1CCC(CCN2CCN(c3cccc(Cl)c3Cl)CC2)CC1. The number of amides is 1. The number of hydrogen-bond acceptors (Lipinski definition) is 4. The minimum atomic E-state index is -0.309. The molecule has 2 fully saturated rings. The standard InChI is InChI=1S/C20H29Cl2N3O2/c1-27-20(26)23-16-7-5-15(6-8-16)9-10-24-11-13-25(14-12-24)18-4-2-3-17(21)19(18)22/h2-4,15-16H,5-14H2,1H3,(H,23,26). The molecule has 0 spiro atoms. The van der Waals surface area contributed by atoms with Gasteiger partial charge in [0.25, 0.3) is 0 Å². The molecular formula is C20H29Cl2N3O2. The van der Waals surface area contributed by atoms with Gasteiger partial charge in [-0.3, -0.25) is 4.90 Å². The van der Waals surface area contributed by atoms with E-state index in [-0.39, 0.29) is 12.1 Å². The van der Waals surface area contributed by atoms with Gasteiger partial charge < -0.3 is 15.0 Å². The molecule has 0 atom stereocenters. The molecule has 1 saturated carbocycles. The number of anilines is 1. The van der Waals surface area contributed by atoms with Gasteiger partial charge in [-0.1, -0.05) is 29.3 Å². The normalized spacial score (nSPS) is 23.9. The Bertz CT molecular complexity index is 628. The van der Waals surface area contributed by atoms with Gasteiger partial charge in [-0.05, 0) is 56.7 Å². The molecule has 0 unspecified atom stereocenters. The molecule has 5 nitrogen and oxygen atoms in total. The third-order valence-electron chi connectivity index (χ3n) is 5.85. The van der Waals surface area contributed by atoms with E-state index < -0.39 is 0 Å². The molecule has 0 bridgehead atoms. The van der Waals surface area contributed by atoms with Crippen LogP contribution in [0.2, 0.25) is 10.0 Å². The van der Waals surface area contributed by atoms with Crippen LogP contribution in [0.4, 0.5) is 10.5 Å². The van der Waals surface area contributed by atoms with Gasteiger partial charge in [0, 0.05) is 32.2 Å². The van der Waals surface area contributed by atoms with Gasteiger partial charge in [0.1, 0.15) is 0 Å². The topological polar surface area (TPSA) is 44.8 Å². The van der Waals surface area contributed by atoms with Crippen molar-refractivity contribution in [1.29, 1.82) is 0 Å². The quantitative estimate of drug-likeness (QED) is 0.775. The number of methoxy groups -OCH3 is 1. The monoisotopic (exact) mass is 413 g/mol. The van der Waals surface area contributed by atoms with Crippen LogP contribution < -0.4 is 10.2 Å². The highest BCUT2D eigenvalue weighted by atomic mass is 35.5. The predicted octanol–water partition coefficient (Wildman–Crippen LogP) is 4.42. The van der Waals surface area contributed by atoms with Crippen molar-refractivity contribution in [2.24, 2.45) is 5.92 Å². The van der Waals surface area contributed by atoms with Gasteiger partial charge in [-0.15, -0.1) is 0 Å². The Hall–Kier alpha value is -1.17. The van der Waals surface area contributed by atoms with E-state index in [0.29, 0.717) is 10.0 Å². The Kier molecular flexibility index (Phi) is 7.50. The third kappa shape index (κ3) is 5.66. The van der Waals surface area contributed by atoms with E-state index in [2.05, 4.69) is 19.9 Å². The molecular weight excluding hydrogens is 385 g/mol. The first kappa shape index (κ1) is 20.6. The lowest BCUT2D eigenvalue weighted by Crippen LogP contribution is -2.47. The average molecular weight is 414 g/mol. The number of ether oxygens (including phenoxy) is 1. The minimum Gasteiger partial charge on any atom is -0.453 e. The number of hydrogen-bond donors (Lipinski definition) is 1. The second-order valence-electron chi connectivity index (χ2n) is 7.54. The van der Waals surface area contributed by atoms with Crippen LogP contribution in [0.15, 0.2) is 18.2 Å². The van der Waals surface area contributed by atoms with Gasteiger partial charge in [-0.2, -0.15) is 0 Å². The van der Waals surface area contributed by atoms with Crippen LogP contribution in [0, 0.1) is 5.92 Å². The van der Waals surface area contributed by atoms with Crippen molar-refractivity contribution in [3.8, 4) is 0 Å². The number of carbonyl (C=O) groups is 1. The lowest BCUT2D eigenvalue weighted by atomic mass is 9.84. The van der Waals surface area contributed by atoms with Crippen LogP contribution in [0.1, 0.15) is 32.1 Å². The lowest BCUT2D eigenvalue weighted by molar-refractivity contribution is 0.158. The minimum absolute atomic E-state index is 0.277. The van der Waals surface area contributed by atoms with Crippen molar-refractivity contribution >= 4 is 35.0 Å².